The molecular weight excluding hydrogens is 561 g/mol. The second-order valence-electron chi connectivity index (χ2n) is 6.34. The Bertz CT molecular complexity index is 1370. The van der Waals surface area contributed by atoms with Crippen molar-refractivity contribution in [2.45, 2.75) is 17.2 Å². The molecule has 0 aliphatic heterocycles. The van der Waals surface area contributed by atoms with Crippen LogP contribution in [0.4, 0.5) is 26.3 Å². The Hall–Kier alpha value is -2.55. The van der Waals surface area contributed by atoms with Crippen LogP contribution in [0.25, 0.3) is 5.69 Å². The standard InChI is InChI=1S/C17H7Cl3F6N4O3S/c18-7-5-9(19)13(10(20)6-7)30-14(17(24,25)26)12(27-29-30)15(31)28-34(32,33)11-4-2-1-3-8(11)16(21,22)23/h1-6H,(H,28,31). The minimum absolute atomic E-state index is 0.0339. The van der Waals surface area contributed by atoms with Crippen LogP contribution in [0.2, 0.25) is 15.1 Å². The van der Waals surface area contributed by atoms with E-state index in [9.17, 15) is 39.6 Å². The van der Waals surface area contributed by atoms with Gasteiger partial charge in [0.1, 0.15) is 5.69 Å². The summed E-state index contributed by atoms with van der Waals surface area (Å²) in [5, 5.41) is 5.35. The largest absolute Gasteiger partial charge is 0.435 e. The predicted molar refractivity (Wildman–Crippen MR) is 107 cm³/mol. The molecule has 7 nitrogen and oxygen atoms in total. The first-order valence-corrected chi connectivity index (χ1v) is 11.1. The van der Waals surface area contributed by atoms with Crippen LogP contribution in [0.5, 0.6) is 0 Å². The van der Waals surface area contributed by atoms with E-state index in [4.69, 9.17) is 34.8 Å². The van der Waals surface area contributed by atoms with E-state index < -0.39 is 65.9 Å². The van der Waals surface area contributed by atoms with E-state index in [2.05, 4.69) is 10.3 Å². The molecule has 0 unspecified atom stereocenters. The van der Waals surface area contributed by atoms with Crippen LogP contribution >= 0.6 is 34.8 Å². The Labute approximate surface area is 201 Å². The van der Waals surface area contributed by atoms with Crippen LogP contribution in [-0.4, -0.2) is 29.3 Å². The highest BCUT2D eigenvalue weighted by Gasteiger charge is 2.44. The van der Waals surface area contributed by atoms with Crippen molar-refractivity contribution in [2.75, 3.05) is 0 Å². The molecule has 182 valence electrons. The molecule has 1 amide bonds. The fourth-order valence-electron chi connectivity index (χ4n) is 2.74. The second kappa shape index (κ2) is 8.91. The molecule has 3 rings (SSSR count). The van der Waals surface area contributed by atoms with Gasteiger partial charge < -0.3 is 0 Å². The zero-order valence-electron chi connectivity index (χ0n) is 15.8. The summed E-state index contributed by atoms with van der Waals surface area (Å²) in [6, 6.07) is 4.79. The number of benzene rings is 2. The maximum Gasteiger partial charge on any atom is 0.435 e. The van der Waals surface area contributed by atoms with Crippen molar-refractivity contribution in [3.63, 3.8) is 0 Å². The monoisotopic (exact) mass is 566 g/mol. The number of nitrogens with zero attached hydrogens (tertiary/aromatic N) is 3. The minimum Gasteiger partial charge on any atom is -0.266 e. The minimum atomic E-state index is -5.36. The molecule has 0 atom stereocenters. The third-order valence-electron chi connectivity index (χ3n) is 4.06. The van der Waals surface area contributed by atoms with Crippen molar-refractivity contribution >= 4 is 50.7 Å². The van der Waals surface area contributed by atoms with Crippen LogP contribution in [0.1, 0.15) is 21.7 Å². The predicted octanol–water partition coefficient (Wildman–Crippen LogP) is 5.38. The number of rotatable bonds is 4. The van der Waals surface area contributed by atoms with E-state index in [1.807, 2.05) is 0 Å². The third-order valence-corrected chi connectivity index (χ3v) is 6.24. The van der Waals surface area contributed by atoms with E-state index in [0.29, 0.717) is 12.1 Å². The molecule has 1 aromatic heterocycles. The Balaban J connectivity index is 2.12. The lowest BCUT2D eigenvalue weighted by Crippen LogP contribution is -2.34. The van der Waals surface area contributed by atoms with Crippen LogP contribution in [0.15, 0.2) is 41.3 Å². The van der Waals surface area contributed by atoms with Crippen LogP contribution < -0.4 is 4.72 Å². The summed E-state index contributed by atoms with van der Waals surface area (Å²) in [6.07, 6.45) is -10.5. The topological polar surface area (TPSA) is 93.9 Å². The molecule has 0 saturated heterocycles. The summed E-state index contributed by atoms with van der Waals surface area (Å²) >= 11 is 17.5. The van der Waals surface area contributed by atoms with Gasteiger partial charge >= 0.3 is 12.4 Å². The van der Waals surface area contributed by atoms with Gasteiger partial charge in [-0.1, -0.05) is 52.1 Å². The van der Waals surface area contributed by atoms with E-state index >= 15 is 0 Å². The van der Waals surface area contributed by atoms with Crippen molar-refractivity contribution in [3.05, 3.63) is 68.4 Å². The summed E-state index contributed by atoms with van der Waals surface area (Å²) in [5.74, 6) is -2.00. The lowest BCUT2D eigenvalue weighted by Gasteiger charge is -2.15. The van der Waals surface area contributed by atoms with Crippen molar-refractivity contribution in [3.8, 4) is 5.69 Å². The molecule has 0 bridgehead atoms. The summed E-state index contributed by atoms with van der Waals surface area (Å²) in [5.41, 5.74) is -5.69. The summed E-state index contributed by atoms with van der Waals surface area (Å²) in [4.78, 5) is 11.1. The maximum atomic E-state index is 13.8. The molecule has 1 heterocycles. The number of aromatic nitrogens is 3. The molecule has 0 fully saturated rings. The molecular formula is C17H7Cl3F6N4O3S. The second-order valence-corrected chi connectivity index (χ2v) is 9.24. The van der Waals surface area contributed by atoms with Gasteiger partial charge in [0, 0.05) is 5.02 Å². The van der Waals surface area contributed by atoms with Crippen LogP contribution in [-0.2, 0) is 22.4 Å². The highest BCUT2D eigenvalue weighted by Crippen LogP contribution is 2.38. The molecule has 0 radical (unpaired) electrons. The molecule has 0 spiro atoms. The number of halogens is 9. The SMILES string of the molecule is O=C(NS(=O)(=O)c1ccccc1C(F)(F)F)c1nnn(-c2c(Cl)cc(Cl)cc2Cl)c1C(F)(F)F. The first-order valence-electron chi connectivity index (χ1n) is 8.45. The Kier molecular flexibility index (Phi) is 6.83. The first-order chi connectivity index (χ1) is 15.5. The van der Waals surface area contributed by atoms with Crippen LogP contribution in [0, 0.1) is 0 Å². The van der Waals surface area contributed by atoms with Crippen molar-refractivity contribution in [2.24, 2.45) is 0 Å². The summed E-state index contributed by atoms with van der Waals surface area (Å²) in [7, 11) is -5.29. The molecule has 17 heteroatoms. The number of hydrogen-bond donors (Lipinski definition) is 1. The Morgan fingerprint density at radius 1 is 0.941 bits per heavy atom. The highest BCUT2D eigenvalue weighted by atomic mass is 35.5. The number of hydrogen-bond acceptors (Lipinski definition) is 5. The van der Waals surface area contributed by atoms with Gasteiger partial charge in [0.25, 0.3) is 15.9 Å². The van der Waals surface area contributed by atoms with Gasteiger partial charge in [0.15, 0.2) is 11.4 Å². The summed E-state index contributed by atoms with van der Waals surface area (Å²) in [6.45, 7) is 0. The molecule has 34 heavy (non-hydrogen) atoms. The third kappa shape index (κ3) is 5.09. The quantitative estimate of drug-likeness (QED) is 0.427. The molecule has 2 aromatic carbocycles. The van der Waals surface area contributed by atoms with Crippen molar-refractivity contribution in [1.29, 1.82) is 0 Å². The van der Waals surface area contributed by atoms with Crippen molar-refractivity contribution < 1.29 is 39.6 Å². The number of sulfonamides is 1. The van der Waals surface area contributed by atoms with Gasteiger partial charge in [-0.2, -0.15) is 26.3 Å². The average Bonchev–Trinajstić information content (AvgIpc) is 3.11. The fraction of sp³-hybridized carbons (Fsp3) is 0.118. The van der Waals surface area contributed by atoms with Gasteiger partial charge in [-0.3, -0.25) is 4.79 Å². The average molecular weight is 568 g/mol. The number of alkyl halides is 6. The summed E-state index contributed by atoms with van der Waals surface area (Å²) < 4.78 is 107. The molecule has 0 saturated carbocycles. The lowest BCUT2D eigenvalue weighted by atomic mass is 10.2. The number of amides is 1. The fourth-order valence-corrected chi connectivity index (χ4v) is 4.90. The van der Waals surface area contributed by atoms with Gasteiger partial charge in [0.05, 0.1) is 20.5 Å². The molecule has 0 aliphatic rings. The Morgan fingerprint density at radius 3 is 2.03 bits per heavy atom. The zero-order valence-corrected chi connectivity index (χ0v) is 18.9. The number of nitrogens with one attached hydrogen (secondary N) is 1. The normalized spacial score (nSPS) is 12.6. The first kappa shape index (κ1) is 26.1. The van der Waals surface area contributed by atoms with E-state index in [-0.39, 0.29) is 9.70 Å². The van der Waals surface area contributed by atoms with Gasteiger partial charge in [-0.25, -0.2) is 17.8 Å². The van der Waals surface area contributed by atoms with E-state index in [1.165, 1.54) is 0 Å². The van der Waals surface area contributed by atoms with E-state index in [0.717, 1.165) is 29.0 Å². The zero-order chi connectivity index (χ0) is 25.6. The van der Waals surface area contributed by atoms with Gasteiger partial charge in [-0.05, 0) is 24.3 Å². The smallest absolute Gasteiger partial charge is 0.266 e. The maximum absolute atomic E-state index is 13.8. The van der Waals surface area contributed by atoms with Gasteiger partial charge in [-0.15, -0.1) is 5.10 Å². The Morgan fingerprint density at radius 2 is 1.50 bits per heavy atom. The molecule has 0 aliphatic carbocycles. The molecule has 1 N–H and O–H groups in total. The number of carbonyl (C=O) groups is 1. The number of carbonyl (C=O) groups excluding carboxylic acids is 1. The van der Waals surface area contributed by atoms with Gasteiger partial charge in [0.2, 0.25) is 0 Å². The van der Waals surface area contributed by atoms with E-state index in [1.54, 1.807) is 0 Å². The highest BCUT2D eigenvalue weighted by molar-refractivity contribution is 7.90. The molecule has 3 aromatic rings. The van der Waals surface area contributed by atoms with Crippen molar-refractivity contribution in [1.82, 2.24) is 19.7 Å². The lowest BCUT2D eigenvalue weighted by molar-refractivity contribution is -0.143. The van der Waals surface area contributed by atoms with Crippen LogP contribution in [0.3, 0.4) is 0 Å².